The Morgan fingerprint density at radius 1 is 1.22 bits per heavy atom. The molecule has 1 aliphatic rings. The highest BCUT2D eigenvalue weighted by Crippen LogP contribution is 2.33. The average molecular weight is 480 g/mol. The number of amides is 1. The Kier molecular flexibility index (Phi) is 7.58. The van der Waals surface area contributed by atoms with Crippen LogP contribution in [0.25, 0.3) is 0 Å². The number of nitro benzene ring substituents is 1. The van der Waals surface area contributed by atoms with Gasteiger partial charge >= 0.3 is 5.97 Å². The first kappa shape index (κ1) is 23.8. The SMILES string of the molecule is CC1CCN(c2ccc(C(=O)O[C@@H](C)C(=O)Nc3cccc(Cl)c3Cl)cc2[N+](=O)[O-])CC1. The van der Waals surface area contributed by atoms with Gasteiger partial charge in [-0.25, -0.2) is 4.79 Å². The van der Waals surface area contributed by atoms with Crippen LogP contribution in [0, 0.1) is 16.0 Å². The van der Waals surface area contributed by atoms with Crippen molar-refractivity contribution in [2.24, 2.45) is 5.92 Å². The molecule has 0 aliphatic carbocycles. The topological polar surface area (TPSA) is 102 Å². The Hall–Kier alpha value is -2.84. The highest BCUT2D eigenvalue weighted by molar-refractivity contribution is 6.44. The minimum absolute atomic E-state index is 0.00809. The molecule has 1 aliphatic heterocycles. The minimum Gasteiger partial charge on any atom is -0.449 e. The third kappa shape index (κ3) is 5.49. The Balaban J connectivity index is 1.71. The summed E-state index contributed by atoms with van der Waals surface area (Å²) in [5.41, 5.74) is 0.575. The van der Waals surface area contributed by atoms with Crippen LogP contribution in [0.4, 0.5) is 17.1 Å². The van der Waals surface area contributed by atoms with Gasteiger partial charge in [0.2, 0.25) is 0 Å². The number of hydrogen-bond acceptors (Lipinski definition) is 6. The largest absolute Gasteiger partial charge is 0.449 e. The van der Waals surface area contributed by atoms with Crippen LogP contribution in [0.2, 0.25) is 10.0 Å². The molecule has 3 rings (SSSR count). The number of hydrogen-bond donors (Lipinski definition) is 1. The predicted molar refractivity (Wildman–Crippen MR) is 124 cm³/mol. The first-order valence-corrected chi connectivity index (χ1v) is 10.9. The Morgan fingerprint density at radius 2 is 1.91 bits per heavy atom. The third-order valence-corrected chi connectivity index (χ3v) is 6.21. The number of rotatable bonds is 6. The molecular formula is C22H23Cl2N3O5. The molecule has 1 heterocycles. The summed E-state index contributed by atoms with van der Waals surface area (Å²) >= 11 is 12.0. The quantitative estimate of drug-likeness (QED) is 0.341. The lowest BCUT2D eigenvalue weighted by molar-refractivity contribution is -0.384. The van der Waals surface area contributed by atoms with Crippen LogP contribution in [0.3, 0.4) is 0 Å². The van der Waals surface area contributed by atoms with Crippen molar-refractivity contribution in [3.63, 3.8) is 0 Å². The Bertz CT molecular complexity index is 1040. The monoisotopic (exact) mass is 479 g/mol. The third-order valence-electron chi connectivity index (χ3n) is 5.39. The van der Waals surface area contributed by atoms with Gasteiger partial charge in [-0.3, -0.25) is 14.9 Å². The molecule has 0 saturated carbocycles. The molecule has 0 bridgehead atoms. The zero-order chi connectivity index (χ0) is 23.4. The lowest BCUT2D eigenvalue weighted by Crippen LogP contribution is -2.33. The summed E-state index contributed by atoms with van der Waals surface area (Å²) in [6, 6.07) is 8.97. The van der Waals surface area contributed by atoms with E-state index in [-0.39, 0.29) is 27.0 Å². The highest BCUT2D eigenvalue weighted by atomic mass is 35.5. The number of ether oxygens (including phenoxy) is 1. The van der Waals surface area contributed by atoms with E-state index in [1.54, 1.807) is 24.3 Å². The van der Waals surface area contributed by atoms with E-state index in [2.05, 4.69) is 12.2 Å². The fraction of sp³-hybridized carbons (Fsp3) is 0.364. The molecule has 1 fully saturated rings. The van der Waals surface area contributed by atoms with Crippen molar-refractivity contribution in [3.05, 3.63) is 62.1 Å². The summed E-state index contributed by atoms with van der Waals surface area (Å²) in [6.07, 6.45) is 0.730. The van der Waals surface area contributed by atoms with Crippen molar-refractivity contribution in [2.75, 3.05) is 23.3 Å². The zero-order valence-electron chi connectivity index (χ0n) is 17.6. The summed E-state index contributed by atoms with van der Waals surface area (Å²) in [5, 5.41) is 14.6. The van der Waals surface area contributed by atoms with E-state index in [1.807, 2.05) is 4.90 Å². The van der Waals surface area contributed by atoms with Gasteiger partial charge in [-0.1, -0.05) is 36.2 Å². The number of nitro groups is 1. The van der Waals surface area contributed by atoms with E-state index in [0.717, 1.165) is 25.9 Å². The average Bonchev–Trinajstić information content (AvgIpc) is 2.77. The van der Waals surface area contributed by atoms with E-state index in [9.17, 15) is 19.7 Å². The fourth-order valence-corrected chi connectivity index (χ4v) is 3.78. The van der Waals surface area contributed by atoms with Gasteiger partial charge in [0.1, 0.15) is 5.69 Å². The first-order valence-electron chi connectivity index (χ1n) is 10.2. The summed E-state index contributed by atoms with van der Waals surface area (Å²) in [4.78, 5) is 38.0. The van der Waals surface area contributed by atoms with E-state index in [4.69, 9.17) is 27.9 Å². The molecule has 2 aromatic rings. The number of nitrogens with zero attached hydrogens (tertiary/aromatic N) is 2. The normalized spacial score (nSPS) is 15.2. The van der Waals surface area contributed by atoms with Crippen LogP contribution in [-0.4, -0.2) is 36.0 Å². The van der Waals surface area contributed by atoms with Gasteiger partial charge in [0.05, 0.1) is 26.2 Å². The van der Waals surface area contributed by atoms with Crippen molar-refractivity contribution >= 4 is 52.1 Å². The second-order valence-electron chi connectivity index (χ2n) is 7.77. The smallest absolute Gasteiger partial charge is 0.339 e. The molecule has 8 nitrogen and oxygen atoms in total. The molecule has 1 saturated heterocycles. The van der Waals surface area contributed by atoms with Crippen LogP contribution in [-0.2, 0) is 9.53 Å². The summed E-state index contributed by atoms with van der Waals surface area (Å²) < 4.78 is 5.21. The predicted octanol–water partition coefficient (Wildman–Crippen LogP) is 5.32. The van der Waals surface area contributed by atoms with E-state index < -0.39 is 22.9 Å². The second kappa shape index (κ2) is 10.2. The molecule has 0 spiro atoms. The van der Waals surface area contributed by atoms with E-state index in [1.165, 1.54) is 19.1 Å². The maximum Gasteiger partial charge on any atom is 0.339 e. The van der Waals surface area contributed by atoms with Gasteiger partial charge < -0.3 is 15.0 Å². The van der Waals surface area contributed by atoms with Crippen LogP contribution in [0.15, 0.2) is 36.4 Å². The fourth-order valence-electron chi connectivity index (χ4n) is 3.43. The molecular weight excluding hydrogens is 457 g/mol. The number of halogens is 2. The van der Waals surface area contributed by atoms with Gasteiger partial charge in [0.25, 0.3) is 11.6 Å². The van der Waals surface area contributed by atoms with E-state index in [0.29, 0.717) is 11.6 Å². The summed E-state index contributed by atoms with van der Waals surface area (Å²) in [5.74, 6) is -0.878. The molecule has 170 valence electrons. The molecule has 0 unspecified atom stereocenters. The Morgan fingerprint density at radius 3 is 2.56 bits per heavy atom. The lowest BCUT2D eigenvalue weighted by atomic mass is 9.98. The van der Waals surface area contributed by atoms with Crippen molar-refractivity contribution < 1.29 is 19.2 Å². The van der Waals surface area contributed by atoms with E-state index >= 15 is 0 Å². The van der Waals surface area contributed by atoms with Crippen molar-refractivity contribution in [1.29, 1.82) is 0 Å². The van der Waals surface area contributed by atoms with Crippen molar-refractivity contribution in [3.8, 4) is 0 Å². The van der Waals surface area contributed by atoms with Crippen LogP contribution in [0.5, 0.6) is 0 Å². The molecule has 0 radical (unpaired) electrons. The summed E-state index contributed by atoms with van der Waals surface area (Å²) in [6.45, 7) is 4.98. The lowest BCUT2D eigenvalue weighted by Gasteiger charge is -2.31. The van der Waals surface area contributed by atoms with Gasteiger partial charge in [-0.05, 0) is 49.9 Å². The first-order chi connectivity index (χ1) is 15.2. The standard InChI is InChI=1S/C22H23Cl2N3O5/c1-13-8-10-26(11-9-13)18-7-6-15(12-19(18)27(30)31)22(29)32-14(2)21(28)25-17-5-3-4-16(23)20(17)24/h3-7,12-14H,8-11H2,1-2H3,(H,25,28)/t14-/m0/s1. The number of nitrogens with one attached hydrogen (secondary N) is 1. The molecule has 32 heavy (non-hydrogen) atoms. The van der Waals surface area contributed by atoms with Crippen LogP contribution >= 0.6 is 23.2 Å². The van der Waals surface area contributed by atoms with Gasteiger partial charge in [-0.15, -0.1) is 0 Å². The molecule has 1 amide bonds. The number of carbonyl (C=O) groups excluding carboxylic acids is 2. The Labute approximate surface area is 195 Å². The van der Waals surface area contributed by atoms with Gasteiger partial charge in [-0.2, -0.15) is 0 Å². The van der Waals surface area contributed by atoms with Crippen molar-refractivity contribution in [1.82, 2.24) is 0 Å². The summed E-state index contributed by atoms with van der Waals surface area (Å²) in [7, 11) is 0. The van der Waals surface area contributed by atoms with Gasteiger partial charge in [0.15, 0.2) is 6.10 Å². The molecule has 0 aromatic heterocycles. The van der Waals surface area contributed by atoms with Gasteiger partial charge in [0, 0.05) is 19.2 Å². The number of anilines is 2. The molecule has 1 N–H and O–H groups in total. The maximum absolute atomic E-state index is 12.6. The molecule has 10 heteroatoms. The zero-order valence-corrected chi connectivity index (χ0v) is 19.2. The highest BCUT2D eigenvalue weighted by Gasteiger charge is 2.26. The maximum atomic E-state index is 12.6. The number of esters is 1. The number of piperidine rings is 1. The van der Waals surface area contributed by atoms with Crippen LogP contribution in [0.1, 0.15) is 37.0 Å². The number of carbonyl (C=O) groups is 2. The molecule has 1 atom stereocenters. The van der Waals surface area contributed by atoms with Crippen molar-refractivity contribution in [2.45, 2.75) is 32.8 Å². The molecule has 2 aromatic carbocycles. The minimum atomic E-state index is -1.17. The van der Waals surface area contributed by atoms with Crippen LogP contribution < -0.4 is 10.2 Å². The number of benzene rings is 2. The second-order valence-corrected chi connectivity index (χ2v) is 8.55.